The van der Waals surface area contributed by atoms with Crippen molar-refractivity contribution in [3.63, 3.8) is 0 Å². The maximum absolute atomic E-state index is 10.5. The lowest BCUT2D eigenvalue weighted by molar-refractivity contribution is -0.000757. The summed E-state index contributed by atoms with van der Waals surface area (Å²) in [6.45, 7) is 2.74. The van der Waals surface area contributed by atoms with Crippen LogP contribution >= 0.6 is 11.6 Å². The van der Waals surface area contributed by atoms with Gasteiger partial charge in [-0.2, -0.15) is 0 Å². The minimum atomic E-state index is -0.609. The van der Waals surface area contributed by atoms with E-state index >= 15 is 0 Å². The first-order valence-corrected chi connectivity index (χ1v) is 6.88. The molecule has 0 bridgehead atoms. The van der Waals surface area contributed by atoms with Crippen molar-refractivity contribution < 1.29 is 5.11 Å². The van der Waals surface area contributed by atoms with E-state index in [4.69, 9.17) is 17.3 Å². The van der Waals surface area contributed by atoms with E-state index in [1.54, 1.807) is 6.07 Å². The molecule has 0 spiro atoms. The number of aliphatic hydroxyl groups is 1. The lowest BCUT2D eigenvalue weighted by Gasteiger charge is -2.36. The lowest BCUT2D eigenvalue weighted by atomic mass is 9.79. The molecule has 0 saturated heterocycles. The van der Waals surface area contributed by atoms with Gasteiger partial charge in [-0.05, 0) is 37.0 Å². The van der Waals surface area contributed by atoms with Crippen LogP contribution in [0.25, 0.3) is 0 Å². The van der Waals surface area contributed by atoms with E-state index in [1.807, 2.05) is 12.1 Å². The first-order chi connectivity index (χ1) is 8.48. The monoisotopic (exact) mass is 268 g/mol. The van der Waals surface area contributed by atoms with E-state index < -0.39 is 5.60 Å². The fourth-order valence-electron chi connectivity index (χ4n) is 2.73. The minimum Gasteiger partial charge on any atom is -0.399 e. The Kier molecular flexibility index (Phi) is 4.03. The molecule has 4 N–H and O–H groups in total. The zero-order valence-electron chi connectivity index (χ0n) is 10.7. The summed E-state index contributed by atoms with van der Waals surface area (Å²) < 4.78 is 0. The Balaban J connectivity index is 1.98. The van der Waals surface area contributed by atoms with Crippen LogP contribution in [0, 0.1) is 5.92 Å². The number of rotatable bonds is 3. The van der Waals surface area contributed by atoms with E-state index in [0.29, 0.717) is 23.2 Å². The van der Waals surface area contributed by atoms with Crippen LogP contribution in [0.1, 0.15) is 32.6 Å². The summed E-state index contributed by atoms with van der Waals surface area (Å²) in [5.41, 5.74) is 6.52. The summed E-state index contributed by atoms with van der Waals surface area (Å²) in [6.07, 6.45) is 4.02. The SMILES string of the molecule is CC1CCCC(O)(CNc2ccc(N)cc2Cl)C1. The van der Waals surface area contributed by atoms with Gasteiger partial charge in [0.15, 0.2) is 0 Å². The lowest BCUT2D eigenvalue weighted by Crippen LogP contribution is -2.41. The molecule has 100 valence electrons. The molecular formula is C14H21ClN2O. The molecule has 0 aliphatic heterocycles. The van der Waals surface area contributed by atoms with Gasteiger partial charge in [0.2, 0.25) is 0 Å². The van der Waals surface area contributed by atoms with E-state index in [0.717, 1.165) is 24.9 Å². The Morgan fingerprint density at radius 2 is 2.33 bits per heavy atom. The predicted molar refractivity (Wildman–Crippen MR) is 76.9 cm³/mol. The first kappa shape index (κ1) is 13.5. The average molecular weight is 269 g/mol. The second-order valence-electron chi connectivity index (χ2n) is 5.52. The summed E-state index contributed by atoms with van der Waals surface area (Å²) in [5.74, 6) is 0.590. The molecule has 1 aromatic carbocycles. The number of nitrogens with two attached hydrogens (primary N) is 1. The molecule has 18 heavy (non-hydrogen) atoms. The second kappa shape index (κ2) is 5.37. The highest BCUT2D eigenvalue weighted by Gasteiger charge is 2.32. The van der Waals surface area contributed by atoms with Crippen molar-refractivity contribution in [2.75, 3.05) is 17.6 Å². The number of hydrogen-bond donors (Lipinski definition) is 3. The summed E-state index contributed by atoms with van der Waals surface area (Å²) in [5, 5.41) is 14.4. The summed E-state index contributed by atoms with van der Waals surface area (Å²) in [6, 6.07) is 5.38. The molecule has 0 heterocycles. The van der Waals surface area contributed by atoms with Crippen LogP contribution < -0.4 is 11.1 Å². The minimum absolute atomic E-state index is 0.543. The van der Waals surface area contributed by atoms with Crippen LogP contribution in [-0.4, -0.2) is 17.3 Å². The van der Waals surface area contributed by atoms with Crippen LogP contribution in [-0.2, 0) is 0 Å². The van der Waals surface area contributed by atoms with Crippen molar-refractivity contribution in [3.05, 3.63) is 23.2 Å². The van der Waals surface area contributed by atoms with Gasteiger partial charge in [-0.15, -0.1) is 0 Å². The molecule has 2 unspecified atom stereocenters. The van der Waals surface area contributed by atoms with E-state index in [9.17, 15) is 5.11 Å². The van der Waals surface area contributed by atoms with Crippen molar-refractivity contribution in [1.29, 1.82) is 0 Å². The molecule has 1 aliphatic rings. The largest absolute Gasteiger partial charge is 0.399 e. The van der Waals surface area contributed by atoms with Crippen molar-refractivity contribution in [3.8, 4) is 0 Å². The molecule has 3 nitrogen and oxygen atoms in total. The van der Waals surface area contributed by atoms with Gasteiger partial charge in [-0.25, -0.2) is 0 Å². The molecule has 2 rings (SSSR count). The molecule has 1 aliphatic carbocycles. The zero-order valence-corrected chi connectivity index (χ0v) is 11.5. The summed E-state index contributed by atoms with van der Waals surface area (Å²) in [7, 11) is 0. The Hall–Kier alpha value is -0.930. The number of benzene rings is 1. The van der Waals surface area contributed by atoms with Crippen molar-refractivity contribution in [2.45, 2.75) is 38.2 Å². The van der Waals surface area contributed by atoms with Gasteiger partial charge >= 0.3 is 0 Å². The van der Waals surface area contributed by atoms with Gasteiger partial charge in [-0.1, -0.05) is 31.4 Å². The molecule has 2 atom stereocenters. The highest BCUT2D eigenvalue weighted by atomic mass is 35.5. The van der Waals surface area contributed by atoms with Crippen LogP contribution in [0.4, 0.5) is 11.4 Å². The van der Waals surface area contributed by atoms with Gasteiger partial charge in [-0.3, -0.25) is 0 Å². The van der Waals surface area contributed by atoms with Gasteiger partial charge in [0.1, 0.15) is 0 Å². The van der Waals surface area contributed by atoms with Crippen molar-refractivity contribution in [2.24, 2.45) is 5.92 Å². The normalized spacial score (nSPS) is 28.1. The van der Waals surface area contributed by atoms with Crippen LogP contribution in [0.3, 0.4) is 0 Å². The molecular weight excluding hydrogens is 248 g/mol. The Morgan fingerprint density at radius 3 is 3.00 bits per heavy atom. The number of anilines is 2. The highest BCUT2D eigenvalue weighted by molar-refractivity contribution is 6.33. The van der Waals surface area contributed by atoms with Gasteiger partial charge in [0.05, 0.1) is 16.3 Å². The van der Waals surface area contributed by atoms with Crippen LogP contribution in [0.15, 0.2) is 18.2 Å². The van der Waals surface area contributed by atoms with E-state index in [1.165, 1.54) is 6.42 Å². The van der Waals surface area contributed by atoms with Gasteiger partial charge in [0, 0.05) is 12.2 Å². The third kappa shape index (κ3) is 3.30. The molecule has 0 amide bonds. The van der Waals surface area contributed by atoms with Gasteiger partial charge < -0.3 is 16.2 Å². The van der Waals surface area contributed by atoms with Crippen LogP contribution in [0.2, 0.25) is 5.02 Å². The maximum Gasteiger partial charge on any atom is 0.0821 e. The Labute approximate surface area is 113 Å². The van der Waals surface area contributed by atoms with Crippen molar-refractivity contribution >= 4 is 23.0 Å². The smallest absolute Gasteiger partial charge is 0.0821 e. The number of halogens is 1. The van der Waals surface area contributed by atoms with E-state index in [2.05, 4.69) is 12.2 Å². The molecule has 1 saturated carbocycles. The third-order valence-electron chi connectivity index (χ3n) is 3.67. The maximum atomic E-state index is 10.5. The third-order valence-corrected chi connectivity index (χ3v) is 3.98. The number of hydrogen-bond acceptors (Lipinski definition) is 3. The number of nitrogen functional groups attached to an aromatic ring is 1. The Bertz CT molecular complexity index is 424. The fraction of sp³-hybridized carbons (Fsp3) is 0.571. The van der Waals surface area contributed by atoms with Crippen LogP contribution in [0.5, 0.6) is 0 Å². The number of nitrogens with one attached hydrogen (secondary N) is 1. The fourth-order valence-corrected chi connectivity index (χ4v) is 2.98. The molecule has 1 fully saturated rings. The second-order valence-corrected chi connectivity index (χ2v) is 5.93. The van der Waals surface area contributed by atoms with Crippen molar-refractivity contribution in [1.82, 2.24) is 0 Å². The zero-order chi connectivity index (χ0) is 13.2. The molecule has 0 radical (unpaired) electrons. The van der Waals surface area contributed by atoms with Gasteiger partial charge in [0.25, 0.3) is 0 Å². The quantitative estimate of drug-likeness (QED) is 0.738. The predicted octanol–water partition coefficient (Wildman–Crippen LogP) is 3.28. The molecule has 4 heteroatoms. The summed E-state index contributed by atoms with van der Waals surface area (Å²) in [4.78, 5) is 0. The first-order valence-electron chi connectivity index (χ1n) is 6.50. The standard InChI is InChI=1S/C14H21ClN2O/c1-10-3-2-6-14(18,8-10)9-17-13-5-4-11(16)7-12(13)15/h4-5,7,10,17-18H,2-3,6,8-9,16H2,1H3. The topological polar surface area (TPSA) is 58.3 Å². The Morgan fingerprint density at radius 1 is 1.56 bits per heavy atom. The van der Waals surface area contributed by atoms with E-state index in [-0.39, 0.29) is 0 Å². The molecule has 0 aromatic heterocycles. The highest BCUT2D eigenvalue weighted by Crippen LogP contribution is 2.33. The average Bonchev–Trinajstić information content (AvgIpc) is 2.27. The summed E-state index contributed by atoms with van der Waals surface area (Å²) >= 11 is 6.10. The molecule has 1 aromatic rings.